The molecule has 1 N–H and O–H groups in total. The highest BCUT2D eigenvalue weighted by molar-refractivity contribution is 5.25. The minimum atomic E-state index is -0.128. The maximum atomic E-state index is 9.66. The lowest BCUT2D eigenvalue weighted by molar-refractivity contribution is 0.102. The maximum Gasteiger partial charge on any atom is 0.108 e. The molecule has 0 radical (unpaired) electrons. The number of benzene rings is 2. The fourth-order valence-corrected chi connectivity index (χ4v) is 3.93. The van der Waals surface area contributed by atoms with E-state index in [-0.39, 0.29) is 6.04 Å². The van der Waals surface area contributed by atoms with Crippen LogP contribution in [0, 0.1) is 11.3 Å². The van der Waals surface area contributed by atoms with E-state index < -0.39 is 0 Å². The van der Waals surface area contributed by atoms with Gasteiger partial charge in [0.15, 0.2) is 0 Å². The van der Waals surface area contributed by atoms with Gasteiger partial charge in [0.1, 0.15) is 6.04 Å². The first-order valence-corrected chi connectivity index (χ1v) is 9.87. The molecule has 0 unspecified atom stereocenters. The van der Waals surface area contributed by atoms with Gasteiger partial charge < -0.3 is 0 Å². The quantitative estimate of drug-likeness (QED) is 0.637. The van der Waals surface area contributed by atoms with E-state index in [2.05, 4.69) is 84.1 Å². The number of hydrogen-bond donors (Lipinski definition) is 1. The van der Waals surface area contributed by atoms with Gasteiger partial charge in [0.05, 0.1) is 18.2 Å². The Bertz CT molecular complexity index is 645. The molecule has 0 saturated carbocycles. The van der Waals surface area contributed by atoms with Crippen LogP contribution in [0.25, 0.3) is 0 Å². The van der Waals surface area contributed by atoms with Crippen LogP contribution in [0.2, 0.25) is 0 Å². The molecule has 2 aromatic rings. The van der Waals surface area contributed by atoms with Gasteiger partial charge in [0.2, 0.25) is 0 Å². The summed E-state index contributed by atoms with van der Waals surface area (Å²) in [6.07, 6.45) is 6.57. The summed E-state index contributed by atoms with van der Waals surface area (Å²) in [5.74, 6) is 0. The first-order valence-electron chi connectivity index (χ1n) is 9.87. The minimum Gasteiger partial charge on any atom is -0.237 e. The Morgan fingerprint density at radius 3 is 1.96 bits per heavy atom. The smallest absolute Gasteiger partial charge is 0.108 e. The molecule has 1 fully saturated rings. The third-order valence-electron chi connectivity index (χ3n) is 5.31. The third kappa shape index (κ3) is 4.52. The zero-order valence-corrected chi connectivity index (χ0v) is 15.6. The van der Waals surface area contributed by atoms with Crippen molar-refractivity contribution in [2.75, 3.05) is 0 Å². The highest BCUT2D eigenvalue weighted by Gasteiger charge is 2.36. The molecule has 3 heteroatoms. The largest absolute Gasteiger partial charge is 0.237 e. The normalized spacial score (nSPS) is 21.4. The van der Waals surface area contributed by atoms with Gasteiger partial charge in [0, 0.05) is 0 Å². The van der Waals surface area contributed by atoms with Gasteiger partial charge in [-0.05, 0) is 30.4 Å². The Kier molecular flexibility index (Phi) is 6.82. The fourth-order valence-electron chi connectivity index (χ4n) is 3.93. The lowest BCUT2D eigenvalue weighted by Crippen LogP contribution is -2.45. The van der Waals surface area contributed by atoms with Crippen molar-refractivity contribution in [2.24, 2.45) is 0 Å². The minimum absolute atomic E-state index is 0.128. The molecular weight excluding hydrogens is 318 g/mol. The maximum absolute atomic E-state index is 9.66. The van der Waals surface area contributed by atoms with Gasteiger partial charge in [-0.3, -0.25) is 0 Å². The molecule has 1 aliphatic heterocycles. The van der Waals surface area contributed by atoms with Gasteiger partial charge in [-0.2, -0.15) is 5.26 Å². The Balaban J connectivity index is 1.81. The molecule has 3 rings (SSSR count). The van der Waals surface area contributed by atoms with Crippen LogP contribution in [0.5, 0.6) is 0 Å². The molecule has 0 aliphatic carbocycles. The molecule has 136 valence electrons. The van der Waals surface area contributed by atoms with Crippen LogP contribution in [0.15, 0.2) is 60.7 Å². The topological polar surface area (TPSA) is 39.1 Å². The molecule has 1 heterocycles. The van der Waals surface area contributed by atoms with Gasteiger partial charge in [-0.15, -0.1) is 0 Å². The second kappa shape index (κ2) is 9.52. The number of nitriles is 1. The number of nitrogens with one attached hydrogen (secondary N) is 1. The van der Waals surface area contributed by atoms with E-state index in [4.69, 9.17) is 0 Å². The Morgan fingerprint density at radius 2 is 1.50 bits per heavy atom. The van der Waals surface area contributed by atoms with E-state index >= 15 is 0 Å². The highest BCUT2D eigenvalue weighted by atomic mass is 15.6. The second-order valence-corrected chi connectivity index (χ2v) is 7.14. The van der Waals surface area contributed by atoms with Crippen LogP contribution in [0.4, 0.5) is 0 Å². The molecular formula is C23H29N3. The molecule has 3 nitrogen and oxygen atoms in total. The van der Waals surface area contributed by atoms with Gasteiger partial charge in [-0.25, -0.2) is 10.4 Å². The van der Waals surface area contributed by atoms with E-state index in [0.29, 0.717) is 12.1 Å². The molecule has 0 amide bonds. The fraction of sp³-hybridized carbons (Fsp3) is 0.435. The lowest BCUT2D eigenvalue weighted by Gasteiger charge is -2.33. The zero-order chi connectivity index (χ0) is 18.2. The van der Waals surface area contributed by atoms with Crippen LogP contribution in [0.3, 0.4) is 0 Å². The first-order chi connectivity index (χ1) is 12.8. The summed E-state index contributed by atoms with van der Waals surface area (Å²) < 4.78 is 0. The van der Waals surface area contributed by atoms with Crippen LogP contribution in [0.1, 0.15) is 68.7 Å². The Morgan fingerprint density at radius 1 is 0.962 bits per heavy atom. The van der Waals surface area contributed by atoms with Crippen LogP contribution < -0.4 is 5.43 Å². The molecule has 0 spiro atoms. The highest BCUT2D eigenvalue weighted by Crippen LogP contribution is 2.42. The van der Waals surface area contributed by atoms with Crippen molar-refractivity contribution >= 4 is 0 Å². The number of rotatable bonds is 8. The summed E-state index contributed by atoms with van der Waals surface area (Å²) in [4.78, 5) is 0. The number of nitrogens with zero attached hydrogens (tertiary/aromatic N) is 2. The summed E-state index contributed by atoms with van der Waals surface area (Å²) in [7, 11) is 0. The molecule has 0 bridgehead atoms. The van der Waals surface area contributed by atoms with Crippen LogP contribution in [-0.2, 0) is 0 Å². The van der Waals surface area contributed by atoms with Crippen LogP contribution in [-0.4, -0.2) is 11.1 Å². The number of hydrazine groups is 1. The molecule has 0 aromatic heterocycles. The predicted octanol–water partition coefficient (Wildman–Crippen LogP) is 5.54. The number of unbranched alkanes of at least 4 members (excludes halogenated alkanes) is 2. The average molecular weight is 348 g/mol. The summed E-state index contributed by atoms with van der Waals surface area (Å²) in [6.45, 7) is 2.20. The second-order valence-electron chi connectivity index (χ2n) is 7.14. The van der Waals surface area contributed by atoms with Gasteiger partial charge in [-0.1, -0.05) is 86.8 Å². The molecule has 1 aliphatic rings. The van der Waals surface area contributed by atoms with E-state index in [1.165, 1.54) is 24.0 Å². The van der Waals surface area contributed by atoms with Crippen LogP contribution >= 0.6 is 0 Å². The van der Waals surface area contributed by atoms with E-state index in [1.807, 2.05) is 0 Å². The predicted molar refractivity (Wildman–Crippen MR) is 106 cm³/mol. The third-order valence-corrected chi connectivity index (χ3v) is 5.31. The molecule has 3 atom stereocenters. The van der Waals surface area contributed by atoms with Crippen molar-refractivity contribution in [3.8, 4) is 6.07 Å². The lowest BCUT2D eigenvalue weighted by atomic mass is 10.0. The van der Waals surface area contributed by atoms with Crippen molar-refractivity contribution in [1.29, 1.82) is 5.26 Å². The Hall–Kier alpha value is -2.15. The summed E-state index contributed by atoms with van der Waals surface area (Å²) in [5, 5.41) is 12.0. The van der Waals surface area contributed by atoms with Crippen molar-refractivity contribution in [3.05, 3.63) is 71.8 Å². The average Bonchev–Trinajstić information content (AvgIpc) is 3.12. The molecule has 2 aromatic carbocycles. The first kappa shape index (κ1) is 18.6. The van der Waals surface area contributed by atoms with Crippen molar-refractivity contribution in [3.63, 3.8) is 0 Å². The summed E-state index contributed by atoms with van der Waals surface area (Å²) >= 11 is 0. The zero-order valence-electron chi connectivity index (χ0n) is 15.6. The van der Waals surface area contributed by atoms with Gasteiger partial charge in [0.25, 0.3) is 0 Å². The van der Waals surface area contributed by atoms with Crippen molar-refractivity contribution < 1.29 is 0 Å². The standard InChI is InChI=1S/C23H29N3/c1-2-3-6-15-21(18-24)25-26-22(19-11-7-4-8-12-19)16-17-23(26)20-13-9-5-10-14-20/h4-5,7-14,21-23,25H,2-3,6,15-17H2,1H3/t21-,22+,23+/m1/s1. The Labute approximate surface area is 157 Å². The molecule has 1 saturated heterocycles. The summed E-state index contributed by atoms with van der Waals surface area (Å²) in [5.41, 5.74) is 6.24. The SMILES string of the molecule is CCCCC[C@H](C#N)NN1[C@H](c2ccccc2)CC[C@H]1c1ccccc1. The van der Waals surface area contributed by atoms with Crippen molar-refractivity contribution in [1.82, 2.24) is 10.4 Å². The van der Waals surface area contributed by atoms with Gasteiger partial charge >= 0.3 is 0 Å². The van der Waals surface area contributed by atoms with E-state index in [0.717, 1.165) is 25.7 Å². The molecule has 26 heavy (non-hydrogen) atoms. The summed E-state index contributed by atoms with van der Waals surface area (Å²) in [6, 6.07) is 24.3. The van der Waals surface area contributed by atoms with E-state index in [9.17, 15) is 5.26 Å². The van der Waals surface area contributed by atoms with Crippen molar-refractivity contribution in [2.45, 2.75) is 63.6 Å². The van der Waals surface area contributed by atoms with E-state index in [1.54, 1.807) is 0 Å². The number of hydrogen-bond acceptors (Lipinski definition) is 3. The monoisotopic (exact) mass is 347 g/mol.